The average molecular weight is 442 g/mol. The molecule has 6 heteroatoms. The third kappa shape index (κ3) is 3.09. The zero-order valence-electron chi connectivity index (χ0n) is 16.7. The molecule has 0 saturated heterocycles. The monoisotopic (exact) mass is 441 g/mol. The summed E-state index contributed by atoms with van der Waals surface area (Å²) in [6.45, 7) is 9.73. The molecule has 28 heavy (non-hydrogen) atoms. The number of carbonyl (C=O) groups is 1. The number of carbonyl (C=O) groups excluding carboxylic acids is 1. The first-order valence-corrected chi connectivity index (χ1v) is 10.2. The Bertz CT molecular complexity index is 1070. The fraction of sp³-hybridized carbons (Fsp3) is 0.364. The highest BCUT2D eigenvalue weighted by atomic mass is 79.9. The minimum atomic E-state index is -0.562. The lowest BCUT2D eigenvalue weighted by Crippen LogP contribution is -2.38. The number of ether oxygens (including phenoxy) is 1. The van der Waals surface area contributed by atoms with Crippen molar-refractivity contribution in [2.75, 3.05) is 0 Å². The second-order valence-corrected chi connectivity index (χ2v) is 9.17. The van der Waals surface area contributed by atoms with Gasteiger partial charge in [0.1, 0.15) is 17.3 Å². The van der Waals surface area contributed by atoms with Crippen LogP contribution in [0.5, 0.6) is 0 Å². The van der Waals surface area contributed by atoms with Crippen molar-refractivity contribution < 1.29 is 9.53 Å². The van der Waals surface area contributed by atoms with Gasteiger partial charge in [-0.2, -0.15) is 0 Å². The molecule has 1 aliphatic rings. The first-order valence-electron chi connectivity index (χ1n) is 9.41. The number of benzene rings is 1. The van der Waals surface area contributed by atoms with Crippen molar-refractivity contribution in [2.24, 2.45) is 0 Å². The van der Waals surface area contributed by atoms with Gasteiger partial charge in [0.05, 0.1) is 17.4 Å². The summed E-state index contributed by atoms with van der Waals surface area (Å²) < 4.78 is 8.80. The van der Waals surface area contributed by atoms with Gasteiger partial charge in [-0.15, -0.1) is 0 Å². The van der Waals surface area contributed by atoms with Gasteiger partial charge < -0.3 is 9.14 Å². The molecule has 3 heterocycles. The second kappa shape index (κ2) is 6.62. The maximum atomic E-state index is 13.2. The molecule has 0 bridgehead atoms. The number of aromatic nitrogens is 2. The Morgan fingerprint density at radius 1 is 1.14 bits per heavy atom. The van der Waals surface area contributed by atoms with E-state index in [2.05, 4.69) is 39.4 Å². The zero-order chi connectivity index (χ0) is 20.2. The van der Waals surface area contributed by atoms with Crippen molar-refractivity contribution in [2.45, 2.75) is 52.3 Å². The van der Waals surface area contributed by atoms with Gasteiger partial charge in [0.15, 0.2) is 0 Å². The Hall–Kier alpha value is -2.34. The highest BCUT2D eigenvalue weighted by Gasteiger charge is 2.43. The van der Waals surface area contributed by atoms with Gasteiger partial charge in [-0.3, -0.25) is 4.90 Å². The Kier molecular flexibility index (Phi) is 4.49. The maximum Gasteiger partial charge on any atom is 0.411 e. The first-order chi connectivity index (χ1) is 13.2. The van der Waals surface area contributed by atoms with E-state index >= 15 is 0 Å². The fourth-order valence-corrected chi connectivity index (χ4v) is 4.34. The molecule has 0 N–H and O–H groups in total. The first kappa shape index (κ1) is 19.0. The zero-order valence-corrected chi connectivity index (χ0v) is 18.3. The molecular weight excluding hydrogens is 418 g/mol. The fourth-order valence-electron chi connectivity index (χ4n) is 4.00. The number of aryl methyl sites for hydroxylation is 1. The van der Waals surface area contributed by atoms with E-state index in [0.717, 1.165) is 32.6 Å². The van der Waals surface area contributed by atoms with E-state index in [1.54, 1.807) is 0 Å². The van der Waals surface area contributed by atoms with Crippen LogP contribution in [-0.2, 0) is 4.74 Å². The molecule has 0 unspecified atom stereocenters. The van der Waals surface area contributed by atoms with Crippen molar-refractivity contribution in [3.8, 4) is 0 Å². The molecule has 4 rings (SSSR count). The molecule has 0 radical (unpaired) electrons. The van der Waals surface area contributed by atoms with Crippen LogP contribution < -0.4 is 0 Å². The van der Waals surface area contributed by atoms with Crippen molar-refractivity contribution >= 4 is 27.7 Å². The van der Waals surface area contributed by atoms with Gasteiger partial charge in [0.2, 0.25) is 0 Å². The highest BCUT2D eigenvalue weighted by molar-refractivity contribution is 9.10. The second-order valence-electron chi connectivity index (χ2n) is 8.25. The van der Waals surface area contributed by atoms with E-state index in [9.17, 15) is 4.79 Å². The molecule has 146 valence electrons. The number of imidazole rings is 1. The lowest BCUT2D eigenvalue weighted by atomic mass is 10.00. The Morgan fingerprint density at radius 2 is 1.82 bits per heavy atom. The summed E-state index contributed by atoms with van der Waals surface area (Å²) in [4.78, 5) is 19.8. The van der Waals surface area contributed by atoms with Gasteiger partial charge in [-0.1, -0.05) is 24.3 Å². The van der Waals surface area contributed by atoms with Crippen LogP contribution in [0.1, 0.15) is 62.3 Å². The van der Waals surface area contributed by atoms with E-state index in [1.807, 2.05) is 63.1 Å². The third-order valence-electron chi connectivity index (χ3n) is 5.10. The molecule has 1 aromatic carbocycles. The van der Waals surface area contributed by atoms with Crippen LogP contribution in [0, 0.1) is 6.92 Å². The van der Waals surface area contributed by atoms with Crippen molar-refractivity contribution in [3.63, 3.8) is 0 Å². The topological polar surface area (TPSA) is 46.8 Å². The van der Waals surface area contributed by atoms with E-state index in [1.165, 1.54) is 0 Å². The number of nitrogens with zero attached hydrogens (tertiary/aromatic N) is 3. The average Bonchev–Trinajstić information content (AvgIpc) is 3.07. The molecule has 3 aromatic rings. The molecule has 2 atom stereocenters. The summed E-state index contributed by atoms with van der Waals surface area (Å²) in [6, 6.07) is 11.8. The molecule has 0 spiro atoms. The SMILES string of the molecule is Cc1nc2ccc(Br)cn2c1[C@H]1c2ccccc2[C@@H](C)N1C(=O)OC(C)(C)C. The van der Waals surface area contributed by atoms with Crippen LogP contribution >= 0.6 is 15.9 Å². The van der Waals surface area contributed by atoms with Crippen LogP contribution in [-0.4, -0.2) is 26.0 Å². The Balaban J connectivity index is 1.93. The van der Waals surface area contributed by atoms with Gasteiger partial charge in [0, 0.05) is 10.7 Å². The van der Waals surface area contributed by atoms with E-state index in [0.29, 0.717) is 0 Å². The van der Waals surface area contributed by atoms with Gasteiger partial charge in [0.25, 0.3) is 0 Å². The van der Waals surface area contributed by atoms with Crippen LogP contribution in [0.15, 0.2) is 47.1 Å². The summed E-state index contributed by atoms with van der Waals surface area (Å²) in [5.74, 6) is 0. The smallest absolute Gasteiger partial charge is 0.411 e. The van der Waals surface area contributed by atoms with Crippen LogP contribution in [0.2, 0.25) is 0 Å². The highest BCUT2D eigenvalue weighted by Crippen LogP contribution is 2.46. The summed E-state index contributed by atoms with van der Waals surface area (Å²) in [5, 5.41) is 0. The third-order valence-corrected chi connectivity index (χ3v) is 5.57. The largest absolute Gasteiger partial charge is 0.444 e. The maximum absolute atomic E-state index is 13.2. The molecule has 5 nitrogen and oxygen atoms in total. The minimum absolute atomic E-state index is 0.0897. The summed E-state index contributed by atoms with van der Waals surface area (Å²) >= 11 is 3.56. The van der Waals surface area contributed by atoms with Crippen LogP contribution in [0.3, 0.4) is 0 Å². The molecule has 1 aliphatic heterocycles. The van der Waals surface area contributed by atoms with Gasteiger partial charge in [-0.25, -0.2) is 9.78 Å². The van der Waals surface area contributed by atoms with E-state index in [-0.39, 0.29) is 18.2 Å². The summed E-state index contributed by atoms with van der Waals surface area (Å²) in [7, 11) is 0. The number of hydrogen-bond acceptors (Lipinski definition) is 3. The van der Waals surface area contributed by atoms with Crippen molar-refractivity contribution in [1.29, 1.82) is 0 Å². The van der Waals surface area contributed by atoms with Crippen molar-refractivity contribution in [1.82, 2.24) is 14.3 Å². The van der Waals surface area contributed by atoms with Crippen LogP contribution in [0.25, 0.3) is 5.65 Å². The summed E-state index contributed by atoms with van der Waals surface area (Å²) in [5.41, 5.74) is 4.44. The van der Waals surface area contributed by atoms with E-state index < -0.39 is 5.60 Å². The molecule has 1 amide bonds. The van der Waals surface area contributed by atoms with Gasteiger partial charge in [-0.05, 0) is 73.8 Å². The molecule has 0 aliphatic carbocycles. The quantitative estimate of drug-likeness (QED) is 0.478. The minimum Gasteiger partial charge on any atom is -0.444 e. The number of rotatable bonds is 1. The van der Waals surface area contributed by atoms with E-state index in [4.69, 9.17) is 9.72 Å². The molecule has 0 saturated carbocycles. The predicted octanol–water partition coefficient (Wildman–Crippen LogP) is 5.81. The number of pyridine rings is 1. The standard InChI is InChI=1S/C22H24BrN3O2/c1-13-19(25-12-15(23)10-11-18(25)24-13)20-17-9-7-6-8-16(17)14(2)26(20)21(27)28-22(3,4)5/h6-12,14,20H,1-5H3/t14-,20-/m1/s1. The Morgan fingerprint density at radius 3 is 2.50 bits per heavy atom. The molecule has 2 aromatic heterocycles. The lowest BCUT2D eigenvalue weighted by molar-refractivity contribution is 0.0139. The molecular formula is C22H24BrN3O2. The Labute approximate surface area is 173 Å². The lowest BCUT2D eigenvalue weighted by Gasteiger charge is -2.32. The predicted molar refractivity (Wildman–Crippen MR) is 112 cm³/mol. The van der Waals surface area contributed by atoms with Gasteiger partial charge >= 0.3 is 6.09 Å². The number of amides is 1. The summed E-state index contributed by atoms with van der Waals surface area (Å²) in [6.07, 6.45) is 1.69. The van der Waals surface area contributed by atoms with Crippen molar-refractivity contribution in [3.05, 3.63) is 69.6 Å². The number of hydrogen-bond donors (Lipinski definition) is 0. The number of halogens is 1. The number of fused-ring (bicyclic) bond motifs is 2. The van der Waals surface area contributed by atoms with Crippen LogP contribution in [0.4, 0.5) is 4.79 Å². The normalized spacial score (nSPS) is 19.1. The molecule has 0 fully saturated rings.